The maximum absolute atomic E-state index is 8.93. The Hall–Kier alpha value is -0.570. The minimum Gasteiger partial charge on any atom is -0.451 e. The van der Waals surface area contributed by atoms with Gasteiger partial charge >= 0.3 is 5.19 Å². The molecule has 0 unspecified atom stereocenters. The van der Waals surface area contributed by atoms with E-state index in [1.807, 2.05) is 18.5 Å². The molecule has 0 aliphatic rings. The predicted molar refractivity (Wildman–Crippen MR) is 31.9 cm³/mol. The Kier molecular flexibility index (Phi) is 1.48. The molecule has 2 nitrogen and oxygen atoms in total. The van der Waals surface area contributed by atoms with Gasteiger partial charge in [0.15, 0.2) is 6.20 Å². The highest BCUT2D eigenvalue weighted by molar-refractivity contribution is 7.10. The van der Waals surface area contributed by atoms with Crippen molar-refractivity contribution in [3.8, 4) is 5.19 Å². The molecule has 1 rings (SSSR count). The molecule has 0 saturated heterocycles. The molecule has 8 heavy (non-hydrogen) atoms. The number of rotatable bonds is 1. The van der Waals surface area contributed by atoms with Crippen LogP contribution in [0, 0.1) is 0 Å². The van der Waals surface area contributed by atoms with Crippen molar-refractivity contribution in [2.45, 2.75) is 13.5 Å². The molecule has 1 heterocycles. The number of aryl methyl sites for hydroxylation is 1. The summed E-state index contributed by atoms with van der Waals surface area (Å²) in [5.41, 5.74) is 0. The lowest BCUT2D eigenvalue weighted by atomic mass is 10.7. The molecule has 0 atom stereocenters. The first-order valence-corrected chi connectivity index (χ1v) is 3.38. The van der Waals surface area contributed by atoms with Crippen LogP contribution in [0.2, 0.25) is 0 Å². The Bertz CT molecular complexity index is 173. The summed E-state index contributed by atoms with van der Waals surface area (Å²) in [4.78, 5) is 0. The molecule has 0 spiro atoms. The topological polar surface area (TPSA) is 24.1 Å². The summed E-state index contributed by atoms with van der Waals surface area (Å²) in [6.45, 7) is 2.84. The Balaban J connectivity index is 2.92. The Morgan fingerprint density at radius 3 is 2.88 bits per heavy atom. The minimum atomic E-state index is 0.382. The smallest absolute Gasteiger partial charge is 0.427 e. The van der Waals surface area contributed by atoms with Crippen LogP contribution in [-0.4, -0.2) is 5.11 Å². The maximum atomic E-state index is 8.93. The molecule has 3 heteroatoms. The lowest BCUT2D eigenvalue weighted by Gasteiger charge is -1.80. The van der Waals surface area contributed by atoms with Crippen molar-refractivity contribution < 1.29 is 9.67 Å². The second-order valence-electron chi connectivity index (χ2n) is 1.47. The van der Waals surface area contributed by atoms with Crippen LogP contribution in [0.5, 0.6) is 5.19 Å². The first-order chi connectivity index (χ1) is 3.84. The van der Waals surface area contributed by atoms with Crippen molar-refractivity contribution in [3.05, 3.63) is 11.6 Å². The van der Waals surface area contributed by atoms with Gasteiger partial charge < -0.3 is 5.11 Å². The molecule has 0 radical (unpaired) electrons. The van der Waals surface area contributed by atoms with Gasteiger partial charge in [0, 0.05) is 0 Å². The van der Waals surface area contributed by atoms with Crippen LogP contribution >= 0.6 is 11.3 Å². The number of hydrogen-bond donors (Lipinski definition) is 1. The molecule has 0 fully saturated rings. The fourth-order valence-electron chi connectivity index (χ4n) is 0.537. The van der Waals surface area contributed by atoms with E-state index >= 15 is 0 Å². The molecular weight excluding hydrogens is 122 g/mol. The third-order valence-corrected chi connectivity index (χ3v) is 1.70. The summed E-state index contributed by atoms with van der Waals surface area (Å²) < 4.78 is 1.78. The quantitative estimate of drug-likeness (QED) is 0.557. The van der Waals surface area contributed by atoms with E-state index in [0.717, 1.165) is 6.54 Å². The average Bonchev–Trinajstić information content (AvgIpc) is 2.14. The first kappa shape index (κ1) is 5.56. The number of aromatic nitrogens is 1. The van der Waals surface area contributed by atoms with E-state index in [-0.39, 0.29) is 0 Å². The molecule has 44 valence electrons. The maximum Gasteiger partial charge on any atom is 0.427 e. The van der Waals surface area contributed by atoms with Gasteiger partial charge in [0.05, 0.1) is 5.38 Å². The minimum absolute atomic E-state index is 0.382. The van der Waals surface area contributed by atoms with Gasteiger partial charge in [0.2, 0.25) is 0 Å². The molecule has 0 amide bonds. The standard InChI is InChI=1S/C5H7NOS/c1-2-6-3-4-8-5(6)7/h3-4H,2H2,1H3/p+1. The number of nitrogens with zero attached hydrogens (tertiary/aromatic N) is 1. The lowest BCUT2D eigenvalue weighted by Crippen LogP contribution is -2.28. The fraction of sp³-hybridized carbons (Fsp3) is 0.400. The van der Waals surface area contributed by atoms with Crippen LogP contribution in [0.15, 0.2) is 11.6 Å². The van der Waals surface area contributed by atoms with Crippen molar-refractivity contribution in [2.24, 2.45) is 0 Å². The molecule has 0 aromatic carbocycles. The Labute approximate surface area is 52.0 Å². The summed E-state index contributed by atoms with van der Waals surface area (Å²) in [5, 5.41) is 11.2. The summed E-state index contributed by atoms with van der Waals surface area (Å²) >= 11 is 1.35. The summed E-state index contributed by atoms with van der Waals surface area (Å²) in [6.07, 6.45) is 1.86. The van der Waals surface area contributed by atoms with E-state index in [2.05, 4.69) is 0 Å². The van der Waals surface area contributed by atoms with E-state index < -0.39 is 0 Å². The monoisotopic (exact) mass is 130 g/mol. The lowest BCUT2D eigenvalue weighted by molar-refractivity contribution is -0.694. The van der Waals surface area contributed by atoms with Crippen LogP contribution in [0.1, 0.15) is 6.92 Å². The van der Waals surface area contributed by atoms with Crippen molar-refractivity contribution >= 4 is 11.3 Å². The zero-order chi connectivity index (χ0) is 5.98. The number of aromatic hydroxyl groups is 1. The van der Waals surface area contributed by atoms with Crippen molar-refractivity contribution in [1.29, 1.82) is 0 Å². The zero-order valence-corrected chi connectivity index (χ0v) is 5.48. The average molecular weight is 130 g/mol. The van der Waals surface area contributed by atoms with Crippen LogP contribution in [0.25, 0.3) is 0 Å². The highest BCUT2D eigenvalue weighted by Crippen LogP contribution is 2.07. The molecule has 1 N–H and O–H groups in total. The van der Waals surface area contributed by atoms with Gasteiger partial charge in [-0.25, -0.2) is 0 Å². The van der Waals surface area contributed by atoms with Gasteiger partial charge in [-0.05, 0) is 18.3 Å². The van der Waals surface area contributed by atoms with Gasteiger partial charge in [-0.1, -0.05) is 0 Å². The van der Waals surface area contributed by atoms with Crippen molar-refractivity contribution in [3.63, 3.8) is 0 Å². The van der Waals surface area contributed by atoms with E-state index in [0.29, 0.717) is 5.19 Å². The highest BCUT2D eigenvalue weighted by atomic mass is 32.1. The molecule has 0 aliphatic heterocycles. The molecular formula is C5H8NOS+. The highest BCUT2D eigenvalue weighted by Gasteiger charge is 2.04. The molecule has 1 aromatic heterocycles. The Morgan fingerprint density at radius 1 is 1.88 bits per heavy atom. The van der Waals surface area contributed by atoms with Crippen LogP contribution in [0.3, 0.4) is 0 Å². The van der Waals surface area contributed by atoms with Crippen molar-refractivity contribution in [1.82, 2.24) is 0 Å². The second kappa shape index (κ2) is 2.13. The zero-order valence-electron chi connectivity index (χ0n) is 4.66. The third-order valence-electron chi connectivity index (χ3n) is 1.00. The van der Waals surface area contributed by atoms with Crippen LogP contribution in [0.4, 0.5) is 0 Å². The van der Waals surface area contributed by atoms with Gasteiger partial charge in [-0.3, -0.25) is 0 Å². The van der Waals surface area contributed by atoms with Gasteiger partial charge in [-0.15, -0.1) is 0 Å². The summed E-state index contributed by atoms with van der Waals surface area (Å²) in [7, 11) is 0. The first-order valence-electron chi connectivity index (χ1n) is 2.50. The third kappa shape index (κ3) is 0.816. The normalized spacial score (nSPS) is 9.62. The summed E-state index contributed by atoms with van der Waals surface area (Å²) in [5.74, 6) is 0. The molecule has 0 aliphatic carbocycles. The number of thiazole rings is 1. The number of hydrogen-bond acceptors (Lipinski definition) is 2. The van der Waals surface area contributed by atoms with E-state index in [4.69, 9.17) is 5.11 Å². The fourth-order valence-corrected chi connectivity index (χ4v) is 1.19. The predicted octanol–water partition coefficient (Wildman–Crippen LogP) is 0.761. The second-order valence-corrected chi connectivity index (χ2v) is 2.34. The SMILES string of the molecule is CC[n+]1ccsc1O. The summed E-state index contributed by atoms with van der Waals surface area (Å²) in [6, 6.07) is 0. The largest absolute Gasteiger partial charge is 0.451 e. The molecule has 0 bridgehead atoms. The van der Waals surface area contributed by atoms with E-state index in [9.17, 15) is 0 Å². The van der Waals surface area contributed by atoms with Gasteiger partial charge in [0.1, 0.15) is 6.54 Å². The van der Waals surface area contributed by atoms with Gasteiger partial charge in [0.25, 0.3) is 0 Å². The van der Waals surface area contributed by atoms with Gasteiger partial charge in [-0.2, -0.15) is 4.57 Å². The molecule has 0 saturated carbocycles. The van der Waals surface area contributed by atoms with Crippen LogP contribution in [-0.2, 0) is 6.54 Å². The van der Waals surface area contributed by atoms with Crippen LogP contribution < -0.4 is 4.57 Å². The van der Waals surface area contributed by atoms with Crippen molar-refractivity contribution in [2.75, 3.05) is 0 Å². The van der Waals surface area contributed by atoms with E-state index in [1.165, 1.54) is 11.3 Å². The Morgan fingerprint density at radius 2 is 2.62 bits per heavy atom. The molecule has 1 aromatic rings. The van der Waals surface area contributed by atoms with E-state index in [1.54, 1.807) is 4.57 Å².